The maximum absolute atomic E-state index is 15.8. The van der Waals surface area contributed by atoms with Gasteiger partial charge in [0.15, 0.2) is 5.82 Å². The van der Waals surface area contributed by atoms with Gasteiger partial charge in [-0.15, -0.1) is 0 Å². The van der Waals surface area contributed by atoms with E-state index >= 15 is 4.39 Å². The monoisotopic (exact) mass is 632 g/mol. The first-order chi connectivity index (χ1) is 21.8. The summed E-state index contributed by atoms with van der Waals surface area (Å²) in [4.78, 5) is 24.5. The molecule has 0 radical (unpaired) electrons. The van der Waals surface area contributed by atoms with Crippen LogP contribution in [0.5, 0.6) is 17.4 Å². The number of aromatic nitrogens is 3. The molecule has 3 heterocycles. The standard InChI is InChI=1S/C34H31ClF2N4O4/c1-40-29(39-32-28(43-2)18-25(31(37)33(32)40)34(42)45-24-7-4-3-5-8-24)19-41-15-13-21(14-16-41)27-9-6-10-30(38-27)44-20-22-11-12-23(35)17-26(22)36/h3-12,17-18,21H,13-16,19-20H2,1-2H3. The number of pyridine rings is 1. The molecule has 5 aromatic rings. The smallest absolute Gasteiger partial charge is 0.346 e. The van der Waals surface area contributed by atoms with Gasteiger partial charge in [0.25, 0.3) is 0 Å². The van der Waals surface area contributed by atoms with Crippen molar-refractivity contribution < 1.29 is 27.8 Å². The number of imidazole rings is 1. The average Bonchev–Trinajstić information content (AvgIpc) is 3.37. The average molecular weight is 633 g/mol. The Morgan fingerprint density at radius 3 is 2.51 bits per heavy atom. The van der Waals surface area contributed by atoms with Crippen molar-refractivity contribution in [3.05, 3.63) is 112 Å². The lowest BCUT2D eigenvalue weighted by atomic mass is 9.93. The van der Waals surface area contributed by atoms with Crippen LogP contribution in [0.25, 0.3) is 11.0 Å². The van der Waals surface area contributed by atoms with Crippen LogP contribution in [0.3, 0.4) is 0 Å². The van der Waals surface area contributed by atoms with Crippen molar-refractivity contribution in [3.8, 4) is 17.4 Å². The van der Waals surface area contributed by atoms with Crippen LogP contribution < -0.4 is 14.2 Å². The number of para-hydroxylation sites is 1. The third-order valence-corrected chi connectivity index (χ3v) is 8.28. The number of hydrogen-bond donors (Lipinski definition) is 0. The molecule has 0 N–H and O–H groups in total. The van der Waals surface area contributed by atoms with Crippen LogP contribution in [-0.2, 0) is 20.2 Å². The van der Waals surface area contributed by atoms with Crippen LogP contribution in [0.4, 0.5) is 8.78 Å². The Hall–Kier alpha value is -4.54. The fourth-order valence-electron chi connectivity index (χ4n) is 5.57. The molecule has 0 aliphatic carbocycles. The second-order valence-corrected chi connectivity index (χ2v) is 11.3. The number of carbonyl (C=O) groups excluding carboxylic acids is 1. The molecule has 45 heavy (non-hydrogen) atoms. The Bertz CT molecular complexity index is 1840. The highest BCUT2D eigenvalue weighted by molar-refractivity contribution is 6.30. The van der Waals surface area contributed by atoms with E-state index in [1.165, 1.54) is 19.2 Å². The van der Waals surface area contributed by atoms with E-state index in [0.717, 1.165) is 31.6 Å². The molecule has 232 valence electrons. The van der Waals surface area contributed by atoms with E-state index in [0.29, 0.717) is 45.9 Å². The Morgan fingerprint density at radius 2 is 1.78 bits per heavy atom. The highest BCUT2D eigenvalue weighted by Crippen LogP contribution is 2.33. The molecule has 0 amide bonds. The van der Waals surface area contributed by atoms with E-state index in [1.807, 2.05) is 12.1 Å². The number of carbonyl (C=O) groups is 1. The van der Waals surface area contributed by atoms with E-state index < -0.39 is 17.6 Å². The van der Waals surface area contributed by atoms with Crippen molar-refractivity contribution in [1.29, 1.82) is 0 Å². The number of esters is 1. The second-order valence-electron chi connectivity index (χ2n) is 10.9. The summed E-state index contributed by atoms with van der Waals surface area (Å²) in [5, 5.41) is 0.334. The molecule has 1 fully saturated rings. The topological polar surface area (TPSA) is 78.7 Å². The number of fused-ring (bicyclic) bond motifs is 1. The first-order valence-electron chi connectivity index (χ1n) is 14.6. The summed E-state index contributed by atoms with van der Waals surface area (Å²) < 4.78 is 48.3. The molecule has 0 atom stereocenters. The molecule has 8 nitrogen and oxygen atoms in total. The summed E-state index contributed by atoms with van der Waals surface area (Å²) in [6.07, 6.45) is 1.72. The Morgan fingerprint density at radius 1 is 1.00 bits per heavy atom. The molecule has 1 aliphatic heterocycles. The fraction of sp³-hybridized carbons (Fsp3) is 0.265. The number of likely N-dealkylation sites (tertiary alicyclic amines) is 1. The Kier molecular flexibility index (Phi) is 8.95. The van der Waals surface area contributed by atoms with Crippen LogP contribution in [0.1, 0.15) is 46.2 Å². The largest absolute Gasteiger partial charge is 0.494 e. The van der Waals surface area contributed by atoms with Gasteiger partial charge < -0.3 is 18.8 Å². The number of ether oxygens (including phenoxy) is 3. The third kappa shape index (κ3) is 6.62. The van der Waals surface area contributed by atoms with Crippen molar-refractivity contribution in [3.63, 3.8) is 0 Å². The molecule has 1 aliphatic rings. The van der Waals surface area contributed by atoms with Gasteiger partial charge >= 0.3 is 5.97 Å². The summed E-state index contributed by atoms with van der Waals surface area (Å²) in [5.74, 6) is -0.0180. The zero-order valence-corrected chi connectivity index (χ0v) is 25.6. The lowest BCUT2D eigenvalue weighted by Gasteiger charge is -2.31. The molecule has 1 saturated heterocycles. The summed E-state index contributed by atoms with van der Waals surface area (Å²) in [7, 11) is 3.19. The van der Waals surface area contributed by atoms with Gasteiger partial charge in [-0.25, -0.2) is 23.5 Å². The summed E-state index contributed by atoms with van der Waals surface area (Å²) in [6.45, 7) is 2.11. The molecule has 11 heteroatoms. The third-order valence-electron chi connectivity index (χ3n) is 8.04. The zero-order valence-electron chi connectivity index (χ0n) is 24.8. The van der Waals surface area contributed by atoms with Gasteiger partial charge in [-0.2, -0.15) is 0 Å². The van der Waals surface area contributed by atoms with Gasteiger partial charge in [0, 0.05) is 41.4 Å². The van der Waals surface area contributed by atoms with Crippen LogP contribution >= 0.6 is 11.6 Å². The van der Waals surface area contributed by atoms with Crippen LogP contribution in [-0.4, -0.2) is 45.6 Å². The molecular weight excluding hydrogens is 602 g/mol. The summed E-state index contributed by atoms with van der Waals surface area (Å²) >= 11 is 5.84. The highest BCUT2D eigenvalue weighted by Gasteiger charge is 2.27. The Labute approximate surface area is 264 Å². The van der Waals surface area contributed by atoms with Gasteiger partial charge in [-0.05, 0) is 56.3 Å². The van der Waals surface area contributed by atoms with Crippen molar-refractivity contribution in [2.24, 2.45) is 7.05 Å². The quantitative estimate of drug-likeness (QED) is 0.127. The number of piperidine rings is 1. The first-order valence-corrected chi connectivity index (χ1v) is 14.9. The van der Waals surface area contributed by atoms with E-state index in [-0.39, 0.29) is 23.6 Å². The molecule has 0 unspecified atom stereocenters. The van der Waals surface area contributed by atoms with Crippen LogP contribution in [0, 0.1) is 11.6 Å². The minimum Gasteiger partial charge on any atom is -0.494 e. The molecule has 3 aromatic carbocycles. The summed E-state index contributed by atoms with van der Waals surface area (Å²) in [6, 6.07) is 20.0. The van der Waals surface area contributed by atoms with Gasteiger partial charge in [-0.3, -0.25) is 4.90 Å². The van der Waals surface area contributed by atoms with Crippen molar-refractivity contribution in [2.45, 2.75) is 31.9 Å². The number of halogens is 3. The van der Waals surface area contributed by atoms with E-state index in [9.17, 15) is 9.18 Å². The predicted octanol–water partition coefficient (Wildman–Crippen LogP) is 7.09. The lowest BCUT2D eigenvalue weighted by Crippen LogP contribution is -2.33. The lowest BCUT2D eigenvalue weighted by molar-refractivity contribution is 0.0730. The van der Waals surface area contributed by atoms with Crippen LogP contribution in [0.2, 0.25) is 5.02 Å². The zero-order chi connectivity index (χ0) is 31.5. The minimum absolute atomic E-state index is 0.0526. The maximum atomic E-state index is 15.8. The minimum atomic E-state index is -0.816. The molecule has 0 spiro atoms. The van der Waals surface area contributed by atoms with Gasteiger partial charge in [0.05, 0.1) is 13.7 Å². The number of aryl methyl sites for hydroxylation is 1. The maximum Gasteiger partial charge on any atom is 0.346 e. The number of methoxy groups -OCH3 is 1. The normalized spacial score (nSPS) is 14.1. The fourth-order valence-corrected chi connectivity index (χ4v) is 5.73. The van der Waals surface area contributed by atoms with Gasteiger partial charge in [0.1, 0.15) is 46.3 Å². The highest BCUT2D eigenvalue weighted by atomic mass is 35.5. The first kappa shape index (κ1) is 30.5. The predicted molar refractivity (Wildman–Crippen MR) is 166 cm³/mol. The number of rotatable bonds is 9. The van der Waals surface area contributed by atoms with E-state index in [2.05, 4.69) is 9.88 Å². The van der Waals surface area contributed by atoms with E-state index in [1.54, 1.807) is 60.1 Å². The number of benzene rings is 3. The van der Waals surface area contributed by atoms with Crippen molar-refractivity contribution >= 4 is 28.6 Å². The SMILES string of the molecule is COc1cc(C(=O)Oc2ccccc2)c(F)c2c1nc(CN1CCC(c3cccc(OCc4ccc(Cl)cc4F)n3)CC1)n2C. The Balaban J connectivity index is 1.12. The van der Waals surface area contributed by atoms with E-state index in [4.69, 9.17) is 30.8 Å². The molecule has 6 rings (SSSR count). The summed E-state index contributed by atoms with van der Waals surface area (Å²) in [5.41, 5.74) is 1.63. The van der Waals surface area contributed by atoms with Crippen molar-refractivity contribution in [1.82, 2.24) is 19.4 Å². The molecular formula is C34H31ClF2N4O4. The number of nitrogens with zero attached hydrogens (tertiary/aromatic N) is 4. The van der Waals surface area contributed by atoms with Crippen molar-refractivity contribution in [2.75, 3.05) is 20.2 Å². The van der Waals surface area contributed by atoms with Gasteiger partial charge in [0.2, 0.25) is 5.88 Å². The van der Waals surface area contributed by atoms with Gasteiger partial charge in [-0.1, -0.05) is 41.9 Å². The molecule has 0 bridgehead atoms. The second kappa shape index (κ2) is 13.2. The van der Waals surface area contributed by atoms with Crippen LogP contribution in [0.15, 0.2) is 72.8 Å². The molecule has 2 aromatic heterocycles. The molecule has 0 saturated carbocycles. The number of hydrogen-bond acceptors (Lipinski definition) is 7.